The van der Waals surface area contributed by atoms with Crippen LogP contribution in [-0.4, -0.2) is 53.7 Å². The van der Waals surface area contributed by atoms with E-state index in [1.807, 2.05) is 47.4 Å². The van der Waals surface area contributed by atoms with Crippen LogP contribution in [0.1, 0.15) is 46.6 Å². The molecule has 2 aliphatic rings. The van der Waals surface area contributed by atoms with Gasteiger partial charge in [0.25, 0.3) is 0 Å². The SMILES string of the molecule is CCOCCCNC(=O)N1Cc2c(sc3c2CCN(C)C3)-n2cccc2[C@@H]1c1ccc(Cl)cc1. The van der Waals surface area contributed by atoms with Crippen molar-refractivity contribution in [3.8, 4) is 5.00 Å². The standard InChI is InChI=1S/C26H31ClN4O2S/c1-3-33-15-5-12-28-26(32)31-16-21-20-11-14-29(2)17-23(20)34-25(21)30-13-4-6-22(30)24(31)18-7-9-19(27)10-8-18/h4,6-10,13,24H,3,5,11-12,14-17H2,1-2H3,(H,28,32)/t24-/m0/s1. The maximum Gasteiger partial charge on any atom is 0.318 e. The van der Waals surface area contributed by atoms with E-state index < -0.39 is 0 Å². The highest BCUT2D eigenvalue weighted by molar-refractivity contribution is 7.15. The zero-order valence-corrected chi connectivity index (χ0v) is 21.3. The number of urea groups is 1. The molecule has 4 heterocycles. The normalized spacial score (nSPS) is 17.6. The van der Waals surface area contributed by atoms with Crippen molar-refractivity contribution < 1.29 is 9.53 Å². The summed E-state index contributed by atoms with van der Waals surface area (Å²) in [4.78, 5) is 19.4. The monoisotopic (exact) mass is 498 g/mol. The number of rotatable bonds is 6. The second-order valence-corrected chi connectivity index (χ2v) is 10.5. The molecular formula is C26H31ClN4O2S. The number of carbonyl (C=O) groups is 1. The van der Waals surface area contributed by atoms with Crippen molar-refractivity contribution in [3.05, 3.63) is 74.9 Å². The number of likely N-dealkylation sites (N-methyl/N-ethyl adjacent to an activating group) is 1. The van der Waals surface area contributed by atoms with Crippen LogP contribution < -0.4 is 5.32 Å². The molecule has 6 nitrogen and oxygen atoms in total. The van der Waals surface area contributed by atoms with Gasteiger partial charge in [-0.25, -0.2) is 4.79 Å². The molecule has 0 fully saturated rings. The van der Waals surface area contributed by atoms with Crippen molar-refractivity contribution in [2.45, 2.75) is 38.9 Å². The first-order valence-electron chi connectivity index (χ1n) is 11.9. The molecule has 2 aromatic heterocycles. The number of aromatic nitrogens is 1. The number of hydrogen-bond donors (Lipinski definition) is 1. The highest BCUT2D eigenvalue weighted by Crippen LogP contribution is 2.43. The van der Waals surface area contributed by atoms with Crippen molar-refractivity contribution in [3.63, 3.8) is 0 Å². The second-order valence-electron chi connectivity index (χ2n) is 8.94. The molecule has 2 aliphatic heterocycles. The summed E-state index contributed by atoms with van der Waals surface area (Å²) in [5.41, 5.74) is 4.85. The van der Waals surface area contributed by atoms with E-state index in [-0.39, 0.29) is 12.1 Å². The smallest absolute Gasteiger partial charge is 0.318 e. The van der Waals surface area contributed by atoms with Gasteiger partial charge in [-0.3, -0.25) is 0 Å². The van der Waals surface area contributed by atoms with Gasteiger partial charge in [-0.2, -0.15) is 0 Å². The molecule has 0 bridgehead atoms. The second kappa shape index (κ2) is 10.1. The number of nitrogens with one attached hydrogen (secondary N) is 1. The third kappa shape index (κ3) is 4.50. The summed E-state index contributed by atoms with van der Waals surface area (Å²) in [6.45, 7) is 6.50. The van der Waals surface area contributed by atoms with Crippen LogP contribution in [0.3, 0.4) is 0 Å². The van der Waals surface area contributed by atoms with E-state index in [9.17, 15) is 4.79 Å². The maximum absolute atomic E-state index is 13.7. The van der Waals surface area contributed by atoms with E-state index in [4.69, 9.17) is 16.3 Å². The van der Waals surface area contributed by atoms with Gasteiger partial charge in [0, 0.05) is 54.5 Å². The maximum atomic E-state index is 13.7. The van der Waals surface area contributed by atoms with Gasteiger partial charge in [0.1, 0.15) is 5.00 Å². The Kier molecular flexibility index (Phi) is 6.97. The van der Waals surface area contributed by atoms with Crippen molar-refractivity contribution in [1.29, 1.82) is 0 Å². The summed E-state index contributed by atoms with van der Waals surface area (Å²) in [5.74, 6) is 0. The van der Waals surface area contributed by atoms with E-state index >= 15 is 0 Å². The van der Waals surface area contributed by atoms with Crippen LogP contribution in [0.5, 0.6) is 0 Å². The molecule has 5 rings (SSSR count). The first-order valence-corrected chi connectivity index (χ1v) is 13.1. The Morgan fingerprint density at radius 1 is 1.21 bits per heavy atom. The third-order valence-corrected chi connectivity index (χ3v) is 8.16. The number of halogens is 1. The average Bonchev–Trinajstić information content (AvgIpc) is 3.41. The van der Waals surface area contributed by atoms with Gasteiger partial charge in [0.15, 0.2) is 0 Å². The Morgan fingerprint density at radius 2 is 2.03 bits per heavy atom. The zero-order chi connectivity index (χ0) is 23.7. The first-order chi connectivity index (χ1) is 16.6. The van der Waals surface area contributed by atoms with E-state index in [0.717, 1.165) is 37.2 Å². The summed E-state index contributed by atoms with van der Waals surface area (Å²) >= 11 is 8.07. The lowest BCUT2D eigenvalue weighted by Crippen LogP contribution is -2.42. The minimum Gasteiger partial charge on any atom is -0.382 e. The minimum absolute atomic E-state index is 0.0510. The Hall–Kier alpha value is -2.32. The molecule has 0 unspecified atom stereocenters. The third-order valence-electron chi connectivity index (χ3n) is 6.65. The van der Waals surface area contributed by atoms with Crippen LogP contribution in [0.2, 0.25) is 5.02 Å². The van der Waals surface area contributed by atoms with Crippen LogP contribution in [0.4, 0.5) is 4.79 Å². The zero-order valence-electron chi connectivity index (χ0n) is 19.7. The Labute approximate surface area is 210 Å². The summed E-state index contributed by atoms with van der Waals surface area (Å²) in [5, 5.41) is 5.08. The summed E-state index contributed by atoms with van der Waals surface area (Å²) in [7, 11) is 2.17. The molecule has 0 saturated heterocycles. The van der Waals surface area contributed by atoms with Gasteiger partial charge in [-0.1, -0.05) is 23.7 Å². The molecule has 0 radical (unpaired) electrons. The van der Waals surface area contributed by atoms with Gasteiger partial charge in [0.2, 0.25) is 0 Å². The van der Waals surface area contributed by atoms with E-state index in [0.29, 0.717) is 31.3 Å². The largest absolute Gasteiger partial charge is 0.382 e. The van der Waals surface area contributed by atoms with Crippen LogP contribution >= 0.6 is 22.9 Å². The van der Waals surface area contributed by atoms with Crippen LogP contribution in [0, 0.1) is 0 Å². The number of nitrogens with zero attached hydrogens (tertiary/aromatic N) is 3. The van der Waals surface area contributed by atoms with Gasteiger partial charge in [-0.05, 0) is 62.2 Å². The molecule has 2 amide bonds. The predicted octanol–water partition coefficient (Wildman–Crippen LogP) is 5.22. The molecule has 180 valence electrons. The molecule has 0 aliphatic carbocycles. The lowest BCUT2D eigenvalue weighted by molar-refractivity contribution is 0.143. The van der Waals surface area contributed by atoms with E-state index in [2.05, 4.69) is 40.2 Å². The Bertz CT molecular complexity index is 1160. The molecule has 1 atom stereocenters. The molecular weight excluding hydrogens is 468 g/mol. The van der Waals surface area contributed by atoms with E-state index in [1.165, 1.54) is 21.0 Å². The number of carbonyl (C=O) groups excluding carboxylic acids is 1. The lowest BCUT2D eigenvalue weighted by atomic mass is 10.0. The quantitative estimate of drug-likeness (QED) is 0.474. The number of fused-ring (bicyclic) bond motifs is 5. The molecule has 0 spiro atoms. The Morgan fingerprint density at radius 3 is 2.82 bits per heavy atom. The molecule has 34 heavy (non-hydrogen) atoms. The fourth-order valence-electron chi connectivity index (χ4n) is 4.96. The summed E-state index contributed by atoms with van der Waals surface area (Å²) in [6, 6.07) is 11.8. The molecule has 0 saturated carbocycles. The van der Waals surface area contributed by atoms with Crippen LogP contribution in [-0.2, 0) is 24.2 Å². The number of thiophene rings is 1. The number of hydrogen-bond acceptors (Lipinski definition) is 4. The van der Waals surface area contributed by atoms with Crippen molar-refractivity contribution in [2.75, 3.05) is 33.4 Å². The molecule has 3 aromatic rings. The minimum atomic E-state index is -0.208. The molecule has 1 N–H and O–H groups in total. The van der Waals surface area contributed by atoms with Crippen LogP contribution in [0.15, 0.2) is 42.6 Å². The summed E-state index contributed by atoms with van der Waals surface area (Å²) < 4.78 is 7.73. The van der Waals surface area contributed by atoms with E-state index in [1.54, 1.807) is 0 Å². The topological polar surface area (TPSA) is 49.7 Å². The van der Waals surface area contributed by atoms with Gasteiger partial charge in [-0.15, -0.1) is 11.3 Å². The average molecular weight is 499 g/mol. The lowest BCUT2D eigenvalue weighted by Gasteiger charge is -2.32. The highest BCUT2D eigenvalue weighted by Gasteiger charge is 2.36. The van der Waals surface area contributed by atoms with Crippen molar-refractivity contribution in [1.82, 2.24) is 19.7 Å². The highest BCUT2D eigenvalue weighted by atomic mass is 35.5. The van der Waals surface area contributed by atoms with Crippen LogP contribution in [0.25, 0.3) is 5.00 Å². The predicted molar refractivity (Wildman–Crippen MR) is 137 cm³/mol. The molecule has 8 heteroatoms. The van der Waals surface area contributed by atoms with Gasteiger partial charge in [0.05, 0.1) is 18.3 Å². The summed E-state index contributed by atoms with van der Waals surface area (Å²) in [6.07, 6.45) is 3.94. The van der Waals surface area contributed by atoms with Crippen molar-refractivity contribution >= 4 is 29.0 Å². The fraction of sp³-hybridized carbons (Fsp3) is 0.423. The van der Waals surface area contributed by atoms with Gasteiger partial charge < -0.3 is 24.4 Å². The number of ether oxygens (including phenoxy) is 1. The Balaban J connectivity index is 1.55. The van der Waals surface area contributed by atoms with Gasteiger partial charge >= 0.3 is 6.03 Å². The number of benzene rings is 1. The fourth-order valence-corrected chi connectivity index (χ4v) is 6.53. The van der Waals surface area contributed by atoms with Crippen molar-refractivity contribution in [2.24, 2.45) is 0 Å². The number of amides is 2. The first kappa shape index (κ1) is 23.4. The molecule has 1 aromatic carbocycles.